The highest BCUT2D eigenvalue weighted by Gasteiger charge is 2.36. The van der Waals surface area contributed by atoms with Gasteiger partial charge in [-0.25, -0.2) is 0 Å². The number of benzene rings is 2. The van der Waals surface area contributed by atoms with E-state index in [0.29, 0.717) is 23.5 Å². The van der Waals surface area contributed by atoms with Crippen LogP contribution < -0.4 is 14.8 Å². The molecule has 0 aliphatic carbocycles. The Morgan fingerprint density at radius 1 is 1.06 bits per heavy atom. The Labute approximate surface area is 208 Å². The average molecular weight is 491 g/mol. The first kappa shape index (κ1) is 24.3. The molecule has 2 atom stereocenters. The molecule has 0 spiro atoms. The van der Waals surface area contributed by atoms with E-state index in [9.17, 15) is 9.59 Å². The number of methoxy groups -OCH3 is 2. The molecule has 8 nitrogen and oxygen atoms in total. The fourth-order valence-electron chi connectivity index (χ4n) is 3.76. The van der Waals surface area contributed by atoms with Crippen molar-refractivity contribution in [3.8, 4) is 11.5 Å². The zero-order valence-corrected chi connectivity index (χ0v) is 20.5. The molecule has 0 fully saturated rings. The van der Waals surface area contributed by atoms with E-state index in [1.54, 1.807) is 38.7 Å². The number of amides is 2. The number of carbonyl (C=O) groups is 2. The lowest BCUT2D eigenvalue weighted by atomic mass is 10.0. The summed E-state index contributed by atoms with van der Waals surface area (Å²) in [4.78, 5) is 30.3. The number of carbonyl (C=O) groups excluding carboxylic acids is 2. The Hall–Kier alpha value is -3.85. The van der Waals surface area contributed by atoms with Gasteiger partial charge >= 0.3 is 5.24 Å². The van der Waals surface area contributed by atoms with E-state index >= 15 is 0 Å². The van der Waals surface area contributed by atoms with Crippen molar-refractivity contribution < 1.29 is 19.1 Å². The molecule has 4 rings (SSSR count). The van der Waals surface area contributed by atoms with Crippen LogP contribution in [-0.2, 0) is 0 Å². The first-order chi connectivity index (χ1) is 17.0. The number of thioether (sulfide) groups is 1. The minimum absolute atomic E-state index is 0.149. The molecule has 0 radical (unpaired) electrons. The van der Waals surface area contributed by atoms with Crippen molar-refractivity contribution >= 4 is 28.6 Å². The molecule has 1 aliphatic rings. The number of nitrogens with zero attached hydrogens (tertiary/aromatic N) is 3. The third-order valence-corrected chi connectivity index (χ3v) is 6.80. The lowest BCUT2D eigenvalue weighted by Gasteiger charge is -2.34. The van der Waals surface area contributed by atoms with E-state index < -0.39 is 6.17 Å². The Balaban J connectivity index is 1.77. The van der Waals surface area contributed by atoms with Gasteiger partial charge in [-0.2, -0.15) is 10.1 Å². The smallest absolute Gasteiger partial charge is 0.304 e. The highest BCUT2D eigenvalue weighted by atomic mass is 32.2. The van der Waals surface area contributed by atoms with Crippen molar-refractivity contribution in [3.63, 3.8) is 0 Å². The van der Waals surface area contributed by atoms with Crippen LogP contribution in [0.15, 0.2) is 78.2 Å². The van der Waals surface area contributed by atoms with Gasteiger partial charge in [-0.1, -0.05) is 49.0 Å². The maximum absolute atomic E-state index is 13.3. The summed E-state index contributed by atoms with van der Waals surface area (Å²) in [5, 5.41) is 8.71. The average Bonchev–Trinajstić information content (AvgIpc) is 2.92. The molecular weight excluding hydrogens is 464 g/mol. The van der Waals surface area contributed by atoms with Crippen LogP contribution in [-0.4, -0.2) is 46.3 Å². The number of hydrazone groups is 1. The van der Waals surface area contributed by atoms with E-state index in [2.05, 4.69) is 10.3 Å². The highest BCUT2D eigenvalue weighted by Crippen LogP contribution is 2.35. The van der Waals surface area contributed by atoms with Crippen molar-refractivity contribution in [1.29, 1.82) is 0 Å². The largest absolute Gasteiger partial charge is 0.493 e. The number of pyridine rings is 1. The number of aromatic nitrogens is 1. The van der Waals surface area contributed by atoms with Gasteiger partial charge in [-0.15, -0.1) is 0 Å². The molecule has 2 amide bonds. The molecule has 1 N–H and O–H groups in total. The van der Waals surface area contributed by atoms with E-state index in [-0.39, 0.29) is 16.4 Å². The van der Waals surface area contributed by atoms with Gasteiger partial charge in [0.1, 0.15) is 0 Å². The van der Waals surface area contributed by atoms with Crippen LogP contribution >= 0.6 is 11.8 Å². The first-order valence-corrected chi connectivity index (χ1v) is 12.0. The van der Waals surface area contributed by atoms with Crippen LogP contribution in [0.5, 0.6) is 11.5 Å². The molecule has 9 heteroatoms. The molecule has 180 valence electrons. The maximum atomic E-state index is 13.3. The normalized spacial score (nSPS) is 16.3. The fraction of sp³-hybridized carbons (Fsp3) is 0.231. The maximum Gasteiger partial charge on any atom is 0.304 e. The van der Waals surface area contributed by atoms with E-state index in [0.717, 1.165) is 16.8 Å². The molecule has 3 aromatic rings. The summed E-state index contributed by atoms with van der Waals surface area (Å²) in [7, 11) is 3.16. The minimum atomic E-state index is -0.801. The minimum Gasteiger partial charge on any atom is -0.493 e. The quantitative estimate of drug-likeness (QED) is 0.484. The topological polar surface area (TPSA) is 93.1 Å². The van der Waals surface area contributed by atoms with Crippen LogP contribution in [0, 0.1) is 0 Å². The number of ether oxygens (including phenoxy) is 2. The number of rotatable bonds is 8. The summed E-state index contributed by atoms with van der Waals surface area (Å²) in [6.45, 7) is 2.01. The van der Waals surface area contributed by atoms with Crippen molar-refractivity contribution in [3.05, 3.63) is 89.7 Å². The standard InChI is InChI=1S/C26H26N4O4S/c1-4-22-23(19-10-11-20(33-2)21(16-19)34-3)29-30(26(32)35-22)24(17-8-6-5-7-9-17)28-25(31)18-12-14-27-15-13-18/h5-16,22,24H,4H2,1-3H3,(H,28,31). The third kappa shape index (κ3) is 5.30. The van der Waals surface area contributed by atoms with Gasteiger partial charge in [-0.3, -0.25) is 14.6 Å². The lowest BCUT2D eigenvalue weighted by Crippen LogP contribution is -2.44. The van der Waals surface area contributed by atoms with Gasteiger partial charge in [0.05, 0.1) is 25.2 Å². The number of hydrogen-bond acceptors (Lipinski definition) is 7. The van der Waals surface area contributed by atoms with Crippen molar-refractivity contribution in [1.82, 2.24) is 15.3 Å². The van der Waals surface area contributed by atoms with Gasteiger partial charge in [0, 0.05) is 23.5 Å². The summed E-state index contributed by atoms with van der Waals surface area (Å²) in [5.41, 5.74) is 2.70. The van der Waals surface area contributed by atoms with E-state index in [1.165, 1.54) is 16.8 Å². The SMILES string of the molecule is CCC1SC(=O)N(C(NC(=O)c2ccncc2)c2ccccc2)N=C1c1ccc(OC)c(OC)c1. The molecular formula is C26H26N4O4S. The van der Waals surface area contributed by atoms with Crippen LogP contribution in [0.1, 0.15) is 41.0 Å². The monoisotopic (exact) mass is 490 g/mol. The number of hydrogen-bond donors (Lipinski definition) is 1. The Bertz CT molecular complexity index is 1220. The second-order valence-corrected chi connectivity index (χ2v) is 8.86. The van der Waals surface area contributed by atoms with Crippen molar-refractivity contribution in [2.24, 2.45) is 5.10 Å². The molecule has 2 aromatic carbocycles. The molecule has 1 aromatic heterocycles. The highest BCUT2D eigenvalue weighted by molar-refractivity contribution is 8.14. The summed E-state index contributed by atoms with van der Waals surface area (Å²) in [6.07, 6.45) is 3.00. The van der Waals surface area contributed by atoms with Crippen molar-refractivity contribution in [2.45, 2.75) is 24.8 Å². The van der Waals surface area contributed by atoms with E-state index in [1.807, 2.05) is 55.5 Å². The zero-order chi connectivity index (χ0) is 24.8. The molecule has 1 aliphatic heterocycles. The van der Waals surface area contributed by atoms with Gasteiger partial charge < -0.3 is 14.8 Å². The molecule has 35 heavy (non-hydrogen) atoms. The third-order valence-electron chi connectivity index (χ3n) is 5.57. The lowest BCUT2D eigenvalue weighted by molar-refractivity contribution is 0.0887. The molecule has 2 unspecified atom stereocenters. The zero-order valence-electron chi connectivity index (χ0n) is 19.7. The van der Waals surface area contributed by atoms with Crippen molar-refractivity contribution in [2.75, 3.05) is 14.2 Å². The Kier molecular flexibility index (Phi) is 7.67. The molecule has 0 saturated heterocycles. The van der Waals surface area contributed by atoms with Crippen LogP contribution in [0.2, 0.25) is 0 Å². The summed E-state index contributed by atoms with van der Waals surface area (Å²) < 4.78 is 10.8. The molecule has 0 saturated carbocycles. The summed E-state index contributed by atoms with van der Waals surface area (Å²) >= 11 is 1.19. The van der Waals surface area contributed by atoms with E-state index in [4.69, 9.17) is 14.6 Å². The second-order valence-electron chi connectivity index (χ2n) is 7.70. The van der Waals surface area contributed by atoms with Crippen LogP contribution in [0.4, 0.5) is 4.79 Å². The fourth-order valence-corrected chi connectivity index (χ4v) is 4.72. The van der Waals surface area contributed by atoms with Gasteiger partial charge in [0.15, 0.2) is 17.7 Å². The predicted molar refractivity (Wildman–Crippen MR) is 136 cm³/mol. The second kappa shape index (κ2) is 11.1. The van der Waals surface area contributed by atoms with Gasteiger partial charge in [-0.05, 0) is 42.3 Å². The van der Waals surface area contributed by atoms with Crippen LogP contribution in [0.3, 0.4) is 0 Å². The Morgan fingerprint density at radius 3 is 2.43 bits per heavy atom. The number of nitrogens with one attached hydrogen (secondary N) is 1. The first-order valence-electron chi connectivity index (χ1n) is 11.1. The Morgan fingerprint density at radius 2 is 1.77 bits per heavy atom. The van der Waals surface area contributed by atoms with Gasteiger partial charge in [0.25, 0.3) is 5.91 Å². The summed E-state index contributed by atoms with van der Waals surface area (Å²) in [6, 6.07) is 18.1. The molecule has 0 bridgehead atoms. The van der Waals surface area contributed by atoms with Crippen LogP contribution in [0.25, 0.3) is 0 Å². The molecule has 2 heterocycles. The predicted octanol–water partition coefficient (Wildman–Crippen LogP) is 4.88. The summed E-state index contributed by atoms with van der Waals surface area (Å²) in [5.74, 6) is 0.842. The van der Waals surface area contributed by atoms with Gasteiger partial charge in [0.2, 0.25) is 0 Å².